The maximum Gasteiger partial charge on any atom is 0.241 e. The molecule has 0 unspecified atom stereocenters. The van der Waals surface area contributed by atoms with Crippen LogP contribution in [0.3, 0.4) is 0 Å². The van der Waals surface area contributed by atoms with Crippen molar-refractivity contribution in [1.82, 2.24) is 20.2 Å². The third-order valence-electron chi connectivity index (χ3n) is 6.77. The highest BCUT2D eigenvalue weighted by atomic mass is 32.2. The predicted octanol–water partition coefficient (Wildman–Crippen LogP) is 0.964. The molecule has 3 N–H and O–H groups in total. The number of nitrogens with zero attached hydrogens (tertiary/aromatic N) is 4. The fraction of sp³-hybridized carbons (Fsp3) is 0.591. The van der Waals surface area contributed by atoms with Crippen LogP contribution in [0.2, 0.25) is 0 Å². The molecule has 2 amide bonds. The Labute approximate surface area is 198 Å². The molecule has 3 fully saturated rings. The highest BCUT2D eigenvalue weighted by Gasteiger charge is 2.51. The fourth-order valence-electron chi connectivity index (χ4n) is 5.16. The van der Waals surface area contributed by atoms with Crippen LogP contribution in [0.4, 0.5) is 0 Å². The molecule has 3 saturated heterocycles. The van der Waals surface area contributed by atoms with E-state index in [2.05, 4.69) is 16.5 Å². The standard InChI is InChI=1S/C22H30N6O4S/c1-14(15-5-7-18(8-6-15)33-32-31-25-2)28-17-10-20(22(28)30)26(12-17)13-19(24)21(29)27-9-3-4-16(27)11-23/h5-8,14,16-17,19-20,25H,3-4,9-10,12-13,24H2,1-2H3/t14-,16+,17-,19+,20-/m1/s1. The highest BCUT2D eigenvalue weighted by molar-refractivity contribution is 7.94. The van der Waals surface area contributed by atoms with Gasteiger partial charge in [0.1, 0.15) is 6.04 Å². The SMILES string of the molecule is CNOOSc1ccc([C@@H](C)N2C(=O)[C@H]3C[C@@H]2CN3C[C@H](N)C(=O)N2CCC[C@H]2C#N)cc1. The monoisotopic (exact) mass is 474 g/mol. The van der Waals surface area contributed by atoms with E-state index in [1.54, 1.807) is 11.9 Å². The van der Waals surface area contributed by atoms with Gasteiger partial charge in [0.25, 0.3) is 0 Å². The van der Waals surface area contributed by atoms with Gasteiger partial charge in [0.05, 0.1) is 36.2 Å². The molecule has 1 aromatic carbocycles. The van der Waals surface area contributed by atoms with Gasteiger partial charge in [0.15, 0.2) is 0 Å². The molecule has 33 heavy (non-hydrogen) atoms. The molecule has 10 nitrogen and oxygen atoms in total. The number of fused-ring (bicyclic) bond motifs is 2. The molecule has 1 aromatic rings. The van der Waals surface area contributed by atoms with Crippen LogP contribution >= 0.6 is 12.0 Å². The highest BCUT2D eigenvalue weighted by Crippen LogP contribution is 2.38. The summed E-state index contributed by atoms with van der Waals surface area (Å²) < 4.78 is 4.91. The largest absolute Gasteiger partial charge is 0.330 e. The van der Waals surface area contributed by atoms with Crippen molar-refractivity contribution in [2.24, 2.45) is 5.73 Å². The number of rotatable bonds is 9. The zero-order chi connectivity index (χ0) is 23.5. The van der Waals surface area contributed by atoms with E-state index in [-0.39, 0.29) is 36.0 Å². The molecule has 0 spiro atoms. The topological polar surface area (TPSA) is 124 Å². The number of carbonyl (C=O) groups is 2. The van der Waals surface area contributed by atoms with E-state index < -0.39 is 6.04 Å². The van der Waals surface area contributed by atoms with Gasteiger partial charge in [0, 0.05) is 37.6 Å². The normalized spacial score (nSPS) is 26.6. The Bertz CT molecular complexity index is 909. The summed E-state index contributed by atoms with van der Waals surface area (Å²) in [5, 5.41) is 9.25. The van der Waals surface area contributed by atoms with Gasteiger partial charge >= 0.3 is 0 Å². The van der Waals surface area contributed by atoms with Gasteiger partial charge in [-0.25, -0.2) is 0 Å². The molecule has 11 heteroatoms. The van der Waals surface area contributed by atoms with Crippen LogP contribution in [-0.2, 0) is 18.9 Å². The molecule has 0 radical (unpaired) electrons. The number of carbonyl (C=O) groups excluding carboxylic acids is 2. The van der Waals surface area contributed by atoms with Crippen LogP contribution in [0.5, 0.6) is 0 Å². The third-order valence-corrected chi connectivity index (χ3v) is 7.38. The molecular formula is C22H30N6O4S. The smallest absolute Gasteiger partial charge is 0.241 e. The summed E-state index contributed by atoms with van der Waals surface area (Å²) >= 11 is 1.10. The van der Waals surface area contributed by atoms with Crippen LogP contribution in [0.15, 0.2) is 29.2 Å². The van der Waals surface area contributed by atoms with E-state index in [4.69, 9.17) is 10.1 Å². The number of likely N-dealkylation sites (tertiary alicyclic amines) is 3. The van der Waals surface area contributed by atoms with Gasteiger partial charge < -0.3 is 15.5 Å². The van der Waals surface area contributed by atoms with Crippen molar-refractivity contribution in [3.63, 3.8) is 0 Å². The average molecular weight is 475 g/mol. The summed E-state index contributed by atoms with van der Waals surface area (Å²) in [5.74, 6) is -0.111. The molecule has 2 bridgehead atoms. The number of hydroxylamine groups is 1. The van der Waals surface area contributed by atoms with Gasteiger partial charge in [-0.2, -0.15) is 10.7 Å². The van der Waals surface area contributed by atoms with E-state index in [0.717, 1.165) is 35.3 Å². The molecule has 4 rings (SSSR count). The number of hydrogen-bond acceptors (Lipinski definition) is 9. The maximum atomic E-state index is 13.2. The van der Waals surface area contributed by atoms with E-state index in [1.165, 1.54) is 0 Å². The first-order chi connectivity index (χ1) is 15.9. The molecule has 0 aliphatic carbocycles. The fourth-order valence-corrected chi connectivity index (χ4v) is 5.59. The quantitative estimate of drug-likeness (QED) is 0.233. The van der Waals surface area contributed by atoms with Crippen molar-refractivity contribution in [2.45, 2.75) is 61.3 Å². The summed E-state index contributed by atoms with van der Waals surface area (Å²) in [6, 6.07) is 8.70. The number of benzene rings is 1. The first-order valence-corrected chi connectivity index (χ1v) is 12.0. The van der Waals surface area contributed by atoms with Crippen LogP contribution in [0.25, 0.3) is 0 Å². The lowest BCUT2D eigenvalue weighted by Crippen LogP contribution is -2.56. The lowest BCUT2D eigenvalue weighted by atomic mass is 10.1. The molecule has 3 heterocycles. The second-order valence-corrected chi connectivity index (χ2v) is 9.49. The molecule has 5 atom stereocenters. The second kappa shape index (κ2) is 10.4. The van der Waals surface area contributed by atoms with Gasteiger partial charge in [-0.05, 0) is 43.9 Å². The first kappa shape index (κ1) is 23.9. The van der Waals surface area contributed by atoms with E-state index in [1.807, 2.05) is 41.0 Å². The summed E-state index contributed by atoms with van der Waals surface area (Å²) in [4.78, 5) is 37.1. The number of amides is 2. The van der Waals surface area contributed by atoms with E-state index in [9.17, 15) is 14.9 Å². The van der Waals surface area contributed by atoms with Crippen LogP contribution in [-0.4, -0.2) is 77.4 Å². The van der Waals surface area contributed by atoms with Crippen molar-refractivity contribution in [2.75, 3.05) is 26.7 Å². The summed E-state index contributed by atoms with van der Waals surface area (Å²) in [5.41, 5.74) is 9.70. The number of nitrogens with two attached hydrogens (primary N) is 1. The van der Waals surface area contributed by atoms with Crippen molar-refractivity contribution in [3.8, 4) is 6.07 Å². The molecular weight excluding hydrogens is 444 g/mol. The molecule has 3 aliphatic heterocycles. The average Bonchev–Trinajstić information content (AvgIpc) is 3.53. The molecule has 3 aliphatic rings. The predicted molar refractivity (Wildman–Crippen MR) is 121 cm³/mol. The van der Waals surface area contributed by atoms with Crippen LogP contribution < -0.4 is 11.2 Å². The van der Waals surface area contributed by atoms with Gasteiger partial charge in [-0.1, -0.05) is 12.1 Å². The van der Waals surface area contributed by atoms with Crippen LogP contribution in [0.1, 0.15) is 37.8 Å². The number of piperazine rings is 1. The van der Waals surface area contributed by atoms with Crippen molar-refractivity contribution < 1.29 is 18.9 Å². The number of hydrogen-bond donors (Lipinski definition) is 2. The van der Waals surface area contributed by atoms with Crippen LogP contribution in [0, 0.1) is 11.3 Å². The van der Waals surface area contributed by atoms with Crippen molar-refractivity contribution in [3.05, 3.63) is 29.8 Å². The van der Waals surface area contributed by atoms with Gasteiger partial charge in [0.2, 0.25) is 11.8 Å². The first-order valence-electron chi connectivity index (χ1n) is 11.2. The Hall–Kier alpha value is -2.20. The Morgan fingerprint density at radius 2 is 2.15 bits per heavy atom. The zero-order valence-corrected chi connectivity index (χ0v) is 19.7. The summed E-state index contributed by atoms with van der Waals surface area (Å²) in [7, 11) is 1.61. The molecule has 0 aromatic heterocycles. The minimum absolute atomic E-state index is 0.0560. The van der Waals surface area contributed by atoms with Crippen molar-refractivity contribution >= 4 is 23.9 Å². The minimum atomic E-state index is -0.726. The Kier molecular flexibility index (Phi) is 7.53. The number of nitrogens with one attached hydrogen (secondary N) is 1. The molecule has 178 valence electrons. The van der Waals surface area contributed by atoms with E-state index in [0.29, 0.717) is 26.1 Å². The summed E-state index contributed by atoms with van der Waals surface area (Å²) in [6.45, 7) is 3.65. The molecule has 0 saturated carbocycles. The Morgan fingerprint density at radius 3 is 2.82 bits per heavy atom. The maximum absolute atomic E-state index is 13.2. The van der Waals surface area contributed by atoms with E-state index >= 15 is 0 Å². The third kappa shape index (κ3) is 4.87. The summed E-state index contributed by atoms with van der Waals surface area (Å²) in [6.07, 6.45) is 2.27. The lowest BCUT2D eigenvalue weighted by molar-refractivity contribution is -0.237. The van der Waals surface area contributed by atoms with Crippen molar-refractivity contribution in [1.29, 1.82) is 5.26 Å². The second-order valence-electron chi connectivity index (χ2n) is 8.71. The van der Waals surface area contributed by atoms with Gasteiger partial charge in [-0.15, -0.1) is 9.32 Å². The number of nitriles is 1. The lowest BCUT2D eigenvalue weighted by Gasteiger charge is -2.38. The Morgan fingerprint density at radius 1 is 1.39 bits per heavy atom. The minimum Gasteiger partial charge on any atom is -0.330 e. The van der Waals surface area contributed by atoms with Gasteiger partial charge in [-0.3, -0.25) is 14.5 Å². The zero-order valence-electron chi connectivity index (χ0n) is 18.8. The Balaban J connectivity index is 1.34.